The van der Waals surface area contributed by atoms with Crippen molar-refractivity contribution < 1.29 is 4.42 Å². The predicted octanol–water partition coefficient (Wildman–Crippen LogP) is 11.8. The SMILES string of the molecule is C/C=C\C=C(/C)c1ccc(-c2nc3c(-c4ccc(-c5cccnc5)cc4)cc(-c4cc5ccccc5c5c4C=C=C=C5)cc3o2)cc1. The number of hydrogen-bond donors (Lipinski definition) is 0. The van der Waals surface area contributed by atoms with Crippen molar-refractivity contribution >= 4 is 39.6 Å². The van der Waals surface area contributed by atoms with Gasteiger partial charge in [-0.3, -0.25) is 4.98 Å². The average Bonchev–Trinajstić information content (AvgIpc) is 3.58. The molecule has 3 heteroatoms. The van der Waals surface area contributed by atoms with Crippen molar-refractivity contribution in [3.63, 3.8) is 0 Å². The van der Waals surface area contributed by atoms with E-state index in [0.717, 1.165) is 66.7 Å². The van der Waals surface area contributed by atoms with Crippen LogP contribution in [-0.4, -0.2) is 9.97 Å². The zero-order chi connectivity index (χ0) is 31.7. The Hall–Kier alpha value is -6.24. The maximum absolute atomic E-state index is 6.58. The van der Waals surface area contributed by atoms with Crippen LogP contribution in [-0.2, 0) is 0 Å². The van der Waals surface area contributed by atoms with Gasteiger partial charge in [0.15, 0.2) is 5.58 Å². The quantitative estimate of drug-likeness (QED) is 0.140. The molecule has 5 aromatic carbocycles. The van der Waals surface area contributed by atoms with Crippen LogP contribution in [0.5, 0.6) is 0 Å². The van der Waals surface area contributed by atoms with Crippen molar-refractivity contribution in [3.05, 3.63) is 162 Å². The van der Waals surface area contributed by atoms with E-state index in [1.54, 1.807) is 6.20 Å². The van der Waals surface area contributed by atoms with Gasteiger partial charge in [-0.2, -0.15) is 0 Å². The Kier molecular flexibility index (Phi) is 7.17. The molecule has 7 aromatic rings. The highest BCUT2D eigenvalue weighted by Gasteiger charge is 2.19. The second kappa shape index (κ2) is 11.9. The van der Waals surface area contributed by atoms with Crippen molar-refractivity contribution in [2.75, 3.05) is 0 Å². The number of aromatic nitrogens is 2. The van der Waals surface area contributed by atoms with Gasteiger partial charge >= 0.3 is 0 Å². The first-order chi connectivity index (χ1) is 23.2. The molecule has 0 amide bonds. The third kappa shape index (κ3) is 5.27. The standard InChI is InChI=1S/C44H30N2O/c1-3-4-10-29(2)30-16-22-33(23-17-30)44-46-43-41(32-20-18-31(19-21-32)35-12-9-24-45-28-35)26-36(27-42(43)47-44)40-25-34-11-5-6-13-37(34)38-14-7-8-15-39(38)40/h3-6,9-28H,1-2H3/b4-3-,29-10+. The number of pyridine rings is 1. The third-order valence-electron chi connectivity index (χ3n) is 8.77. The van der Waals surface area contributed by atoms with Crippen molar-refractivity contribution in [1.82, 2.24) is 9.97 Å². The van der Waals surface area contributed by atoms with Gasteiger partial charge in [0, 0.05) is 23.5 Å². The zero-order valence-corrected chi connectivity index (χ0v) is 26.2. The monoisotopic (exact) mass is 602 g/mol. The molecule has 0 atom stereocenters. The Morgan fingerprint density at radius 3 is 2.26 bits per heavy atom. The number of benzene rings is 5. The minimum Gasteiger partial charge on any atom is -0.436 e. The van der Waals surface area contributed by atoms with Crippen LogP contribution in [0.4, 0.5) is 0 Å². The molecule has 0 radical (unpaired) electrons. The molecule has 3 nitrogen and oxygen atoms in total. The maximum Gasteiger partial charge on any atom is 0.227 e. The minimum absolute atomic E-state index is 0.596. The summed E-state index contributed by atoms with van der Waals surface area (Å²) < 4.78 is 6.58. The molecule has 2 heterocycles. The Labute approximate surface area is 273 Å². The minimum atomic E-state index is 0.596. The van der Waals surface area contributed by atoms with Gasteiger partial charge in [-0.15, -0.1) is 0 Å². The van der Waals surface area contributed by atoms with Crippen LogP contribution >= 0.6 is 0 Å². The van der Waals surface area contributed by atoms with Crippen LogP contribution in [0, 0.1) is 0 Å². The van der Waals surface area contributed by atoms with Crippen LogP contribution in [0.25, 0.3) is 84.4 Å². The van der Waals surface area contributed by atoms with Crippen molar-refractivity contribution in [1.29, 1.82) is 0 Å². The van der Waals surface area contributed by atoms with Crippen LogP contribution in [0.15, 0.2) is 150 Å². The lowest BCUT2D eigenvalue weighted by atomic mass is 9.88. The lowest BCUT2D eigenvalue weighted by molar-refractivity contribution is 0.620. The van der Waals surface area contributed by atoms with Crippen LogP contribution < -0.4 is 0 Å². The van der Waals surface area contributed by atoms with Gasteiger partial charge in [0.05, 0.1) is 0 Å². The Balaban J connectivity index is 1.31. The molecule has 47 heavy (non-hydrogen) atoms. The van der Waals surface area contributed by atoms with Crippen molar-refractivity contribution in [2.24, 2.45) is 0 Å². The molecule has 0 fully saturated rings. The largest absolute Gasteiger partial charge is 0.436 e. The van der Waals surface area contributed by atoms with E-state index in [4.69, 9.17) is 9.40 Å². The van der Waals surface area contributed by atoms with E-state index in [1.165, 1.54) is 16.3 Å². The van der Waals surface area contributed by atoms with Gasteiger partial charge in [-0.05, 0) is 123 Å². The highest BCUT2D eigenvalue weighted by molar-refractivity contribution is 6.03. The number of hydrogen-bond acceptors (Lipinski definition) is 3. The zero-order valence-electron chi connectivity index (χ0n) is 26.2. The van der Waals surface area contributed by atoms with E-state index >= 15 is 0 Å². The Bertz CT molecular complexity index is 2460. The summed E-state index contributed by atoms with van der Waals surface area (Å²) in [7, 11) is 0. The summed E-state index contributed by atoms with van der Waals surface area (Å²) in [5.41, 5.74) is 19.9. The molecule has 2 aromatic heterocycles. The normalized spacial score (nSPS) is 12.4. The third-order valence-corrected chi connectivity index (χ3v) is 8.77. The van der Waals surface area contributed by atoms with Gasteiger partial charge in [0.25, 0.3) is 0 Å². The molecule has 0 aliphatic heterocycles. The fourth-order valence-electron chi connectivity index (χ4n) is 6.29. The summed E-state index contributed by atoms with van der Waals surface area (Å²) in [6.45, 7) is 4.14. The van der Waals surface area contributed by atoms with Gasteiger partial charge in [-0.25, -0.2) is 4.98 Å². The summed E-state index contributed by atoms with van der Waals surface area (Å²) in [4.78, 5) is 9.40. The fraction of sp³-hybridized carbons (Fsp3) is 0.0455. The van der Waals surface area contributed by atoms with Crippen molar-refractivity contribution in [2.45, 2.75) is 13.8 Å². The van der Waals surface area contributed by atoms with Crippen LogP contribution in [0.2, 0.25) is 0 Å². The van der Waals surface area contributed by atoms with Gasteiger partial charge in [0.2, 0.25) is 5.89 Å². The topological polar surface area (TPSA) is 38.9 Å². The summed E-state index contributed by atoms with van der Waals surface area (Å²) in [6.07, 6.45) is 14.0. The Morgan fingerprint density at radius 2 is 1.47 bits per heavy atom. The molecule has 0 saturated heterocycles. The number of oxazole rings is 1. The van der Waals surface area contributed by atoms with Gasteiger partial charge < -0.3 is 4.42 Å². The fourth-order valence-corrected chi connectivity index (χ4v) is 6.29. The van der Waals surface area contributed by atoms with E-state index in [-0.39, 0.29) is 0 Å². The van der Waals surface area contributed by atoms with E-state index in [1.807, 2.05) is 37.4 Å². The first-order valence-electron chi connectivity index (χ1n) is 15.8. The average molecular weight is 603 g/mol. The molecular weight excluding hydrogens is 572 g/mol. The highest BCUT2D eigenvalue weighted by Crippen LogP contribution is 2.41. The first kappa shape index (κ1) is 28.2. The molecule has 1 aliphatic rings. The van der Waals surface area contributed by atoms with E-state index in [9.17, 15) is 0 Å². The smallest absolute Gasteiger partial charge is 0.227 e. The molecule has 0 N–H and O–H groups in total. The lowest BCUT2D eigenvalue weighted by Gasteiger charge is -2.15. The molecular formula is C44H30N2O. The predicted molar refractivity (Wildman–Crippen MR) is 195 cm³/mol. The second-order valence-corrected chi connectivity index (χ2v) is 11.7. The van der Waals surface area contributed by atoms with E-state index in [0.29, 0.717) is 5.89 Å². The Morgan fingerprint density at radius 1 is 0.702 bits per heavy atom. The molecule has 1 aliphatic carbocycles. The highest BCUT2D eigenvalue weighted by atomic mass is 16.3. The van der Waals surface area contributed by atoms with E-state index < -0.39 is 0 Å². The lowest BCUT2D eigenvalue weighted by Crippen LogP contribution is -1.93. The number of nitrogens with zero attached hydrogens (tertiary/aromatic N) is 2. The van der Waals surface area contributed by atoms with Crippen LogP contribution in [0.3, 0.4) is 0 Å². The molecule has 0 bridgehead atoms. The van der Waals surface area contributed by atoms with E-state index in [2.05, 4.69) is 133 Å². The van der Waals surface area contributed by atoms with Gasteiger partial charge in [-0.1, -0.05) is 96.4 Å². The molecule has 0 spiro atoms. The number of rotatable bonds is 6. The van der Waals surface area contributed by atoms with Gasteiger partial charge in [0.1, 0.15) is 5.52 Å². The summed E-state index contributed by atoms with van der Waals surface area (Å²) >= 11 is 0. The summed E-state index contributed by atoms with van der Waals surface area (Å²) in [5, 5.41) is 2.37. The molecule has 0 saturated carbocycles. The maximum atomic E-state index is 6.58. The molecule has 222 valence electrons. The number of fused-ring (bicyclic) bond motifs is 4. The first-order valence-corrected chi connectivity index (χ1v) is 15.8. The summed E-state index contributed by atoms with van der Waals surface area (Å²) in [5.74, 6) is 0.596. The summed E-state index contributed by atoms with van der Waals surface area (Å²) in [6, 6.07) is 36.2. The second-order valence-electron chi connectivity index (χ2n) is 11.7. The molecule has 8 rings (SSSR count). The molecule has 0 unspecified atom stereocenters. The number of allylic oxidation sites excluding steroid dienone is 4. The van der Waals surface area contributed by atoms with Crippen LogP contribution in [0.1, 0.15) is 30.5 Å². The van der Waals surface area contributed by atoms with Crippen molar-refractivity contribution in [3.8, 4) is 44.8 Å².